The summed E-state index contributed by atoms with van der Waals surface area (Å²) in [5.74, 6) is 0. The Morgan fingerprint density at radius 2 is 2.00 bits per heavy atom. The Hall–Kier alpha value is -1.64. The molecule has 78 valence electrons. The Bertz CT molecular complexity index is 381. The zero-order valence-corrected chi connectivity index (χ0v) is 9.09. The molecule has 0 fully saturated rings. The minimum Gasteiger partial charge on any atom is -0.297 e. The molecule has 15 heavy (non-hydrogen) atoms. The lowest BCUT2D eigenvalue weighted by molar-refractivity contribution is 0.339. The Balaban J connectivity index is 2.32. The molecule has 0 N–H and O–H groups in total. The van der Waals surface area contributed by atoms with Gasteiger partial charge >= 0.3 is 0 Å². The third-order valence-corrected chi connectivity index (χ3v) is 2.33. The molecule has 1 aromatic rings. The van der Waals surface area contributed by atoms with Crippen LogP contribution in [0, 0.1) is 0 Å². The van der Waals surface area contributed by atoms with E-state index in [4.69, 9.17) is 0 Å². The zero-order valence-electron chi connectivity index (χ0n) is 9.09. The molecule has 1 atom stereocenters. The molecule has 3 nitrogen and oxygen atoms in total. The van der Waals surface area contributed by atoms with Gasteiger partial charge in [0.15, 0.2) is 0 Å². The van der Waals surface area contributed by atoms with Crippen molar-refractivity contribution in [1.29, 1.82) is 0 Å². The molecule has 1 aliphatic rings. The smallest absolute Gasteiger partial charge is 0.108 e. The van der Waals surface area contributed by atoms with Gasteiger partial charge in [-0.1, -0.05) is 30.3 Å². The quantitative estimate of drug-likeness (QED) is 0.681. The first kappa shape index (κ1) is 9.90. The SMILES string of the molecule is CC1CN(C)N=C(c2ccccc2)C=N1. The van der Waals surface area contributed by atoms with Crippen molar-refractivity contribution >= 4 is 11.9 Å². The van der Waals surface area contributed by atoms with Gasteiger partial charge in [-0.15, -0.1) is 0 Å². The minimum absolute atomic E-state index is 0.306. The van der Waals surface area contributed by atoms with E-state index >= 15 is 0 Å². The second-order valence-corrected chi connectivity index (χ2v) is 3.82. The summed E-state index contributed by atoms with van der Waals surface area (Å²) < 4.78 is 0. The summed E-state index contributed by atoms with van der Waals surface area (Å²) in [4.78, 5) is 4.43. The van der Waals surface area contributed by atoms with Gasteiger partial charge in [0.25, 0.3) is 0 Å². The minimum atomic E-state index is 0.306. The van der Waals surface area contributed by atoms with E-state index in [1.165, 1.54) is 0 Å². The van der Waals surface area contributed by atoms with Crippen molar-refractivity contribution < 1.29 is 0 Å². The number of nitrogens with zero attached hydrogens (tertiary/aromatic N) is 3. The van der Waals surface area contributed by atoms with Crippen LogP contribution in [0.25, 0.3) is 0 Å². The Kier molecular flexibility index (Phi) is 2.81. The summed E-state index contributed by atoms with van der Waals surface area (Å²) in [6.45, 7) is 2.96. The van der Waals surface area contributed by atoms with E-state index < -0.39 is 0 Å². The van der Waals surface area contributed by atoms with Gasteiger partial charge in [-0.3, -0.25) is 10.0 Å². The summed E-state index contributed by atoms with van der Waals surface area (Å²) in [6.07, 6.45) is 1.86. The van der Waals surface area contributed by atoms with Gasteiger partial charge in [-0.25, -0.2) is 0 Å². The monoisotopic (exact) mass is 201 g/mol. The highest BCUT2D eigenvalue weighted by Gasteiger charge is 2.09. The average molecular weight is 201 g/mol. The number of aliphatic imine (C=N–C) groups is 1. The molecule has 0 radical (unpaired) electrons. The molecule has 1 heterocycles. The van der Waals surface area contributed by atoms with Crippen LogP contribution in [0.2, 0.25) is 0 Å². The molecule has 0 spiro atoms. The lowest BCUT2D eigenvalue weighted by Crippen LogP contribution is -2.20. The van der Waals surface area contributed by atoms with Crippen molar-refractivity contribution in [1.82, 2.24) is 5.01 Å². The zero-order chi connectivity index (χ0) is 10.7. The van der Waals surface area contributed by atoms with Gasteiger partial charge < -0.3 is 0 Å². The van der Waals surface area contributed by atoms with Crippen molar-refractivity contribution in [2.24, 2.45) is 10.1 Å². The molecule has 0 aliphatic carbocycles. The lowest BCUT2D eigenvalue weighted by Gasteiger charge is -2.13. The highest BCUT2D eigenvalue weighted by atomic mass is 15.4. The van der Waals surface area contributed by atoms with Crippen molar-refractivity contribution in [3.8, 4) is 0 Å². The van der Waals surface area contributed by atoms with Crippen LogP contribution in [0.15, 0.2) is 40.4 Å². The van der Waals surface area contributed by atoms with Gasteiger partial charge in [0, 0.05) is 18.8 Å². The summed E-state index contributed by atoms with van der Waals surface area (Å²) in [7, 11) is 1.98. The van der Waals surface area contributed by atoms with Crippen molar-refractivity contribution in [3.63, 3.8) is 0 Å². The van der Waals surface area contributed by atoms with Crippen LogP contribution in [0.1, 0.15) is 12.5 Å². The van der Waals surface area contributed by atoms with Crippen LogP contribution < -0.4 is 0 Å². The van der Waals surface area contributed by atoms with Crippen LogP contribution in [-0.4, -0.2) is 36.6 Å². The fourth-order valence-corrected chi connectivity index (χ4v) is 1.62. The molecular weight excluding hydrogens is 186 g/mol. The largest absolute Gasteiger partial charge is 0.297 e. The molecule has 0 saturated carbocycles. The summed E-state index contributed by atoms with van der Waals surface area (Å²) in [5, 5.41) is 6.44. The maximum absolute atomic E-state index is 4.50. The van der Waals surface area contributed by atoms with Crippen LogP contribution in [0.3, 0.4) is 0 Å². The van der Waals surface area contributed by atoms with E-state index in [0.717, 1.165) is 17.8 Å². The number of likely N-dealkylation sites (N-methyl/N-ethyl adjacent to an activating group) is 1. The van der Waals surface area contributed by atoms with E-state index in [1.54, 1.807) is 0 Å². The number of benzene rings is 1. The van der Waals surface area contributed by atoms with Crippen molar-refractivity contribution in [2.45, 2.75) is 13.0 Å². The maximum Gasteiger partial charge on any atom is 0.108 e. The normalized spacial score (nSPS) is 21.1. The van der Waals surface area contributed by atoms with Crippen LogP contribution in [-0.2, 0) is 0 Å². The highest BCUT2D eigenvalue weighted by molar-refractivity contribution is 6.38. The maximum atomic E-state index is 4.50. The summed E-state index contributed by atoms with van der Waals surface area (Å²) >= 11 is 0. The second kappa shape index (κ2) is 4.26. The molecule has 0 amide bonds. The van der Waals surface area contributed by atoms with Gasteiger partial charge in [0.05, 0.1) is 12.6 Å². The van der Waals surface area contributed by atoms with E-state index in [1.807, 2.05) is 36.5 Å². The molecule has 2 rings (SSSR count). The topological polar surface area (TPSA) is 28.0 Å². The molecular formula is C12H15N3. The van der Waals surface area contributed by atoms with Gasteiger partial charge in [0.1, 0.15) is 5.71 Å². The third-order valence-electron chi connectivity index (χ3n) is 2.33. The lowest BCUT2D eigenvalue weighted by atomic mass is 10.1. The standard InChI is InChI=1S/C12H15N3/c1-10-9-15(2)14-12(8-13-10)11-6-4-3-5-7-11/h3-8,10H,9H2,1-2H3. The molecule has 1 aliphatic heterocycles. The van der Waals surface area contributed by atoms with E-state index in [2.05, 4.69) is 29.2 Å². The van der Waals surface area contributed by atoms with Crippen molar-refractivity contribution in [3.05, 3.63) is 35.9 Å². The van der Waals surface area contributed by atoms with Gasteiger partial charge in [-0.05, 0) is 6.92 Å². The number of hydrogen-bond acceptors (Lipinski definition) is 3. The fraction of sp³-hybridized carbons (Fsp3) is 0.333. The third kappa shape index (κ3) is 2.43. The first-order chi connectivity index (χ1) is 7.25. The Morgan fingerprint density at radius 3 is 2.73 bits per heavy atom. The van der Waals surface area contributed by atoms with Crippen LogP contribution >= 0.6 is 0 Å². The molecule has 0 saturated heterocycles. The second-order valence-electron chi connectivity index (χ2n) is 3.82. The Morgan fingerprint density at radius 1 is 1.27 bits per heavy atom. The van der Waals surface area contributed by atoms with E-state index in [9.17, 15) is 0 Å². The first-order valence-corrected chi connectivity index (χ1v) is 5.14. The molecule has 3 heteroatoms. The van der Waals surface area contributed by atoms with Gasteiger partial charge in [-0.2, -0.15) is 5.10 Å². The van der Waals surface area contributed by atoms with Crippen LogP contribution in [0.4, 0.5) is 0 Å². The number of rotatable bonds is 1. The predicted octanol–water partition coefficient (Wildman–Crippen LogP) is 1.80. The number of hydrazone groups is 1. The predicted molar refractivity (Wildman–Crippen MR) is 63.6 cm³/mol. The fourth-order valence-electron chi connectivity index (χ4n) is 1.62. The summed E-state index contributed by atoms with van der Waals surface area (Å²) in [6, 6.07) is 10.4. The molecule has 0 bridgehead atoms. The van der Waals surface area contributed by atoms with Crippen LogP contribution in [0.5, 0.6) is 0 Å². The highest BCUT2D eigenvalue weighted by Crippen LogP contribution is 2.05. The summed E-state index contributed by atoms with van der Waals surface area (Å²) in [5.41, 5.74) is 2.05. The van der Waals surface area contributed by atoms with Crippen molar-refractivity contribution in [2.75, 3.05) is 13.6 Å². The first-order valence-electron chi connectivity index (χ1n) is 5.14. The molecule has 1 unspecified atom stereocenters. The van der Waals surface area contributed by atoms with Gasteiger partial charge in [0.2, 0.25) is 0 Å². The van der Waals surface area contributed by atoms with E-state index in [-0.39, 0.29) is 0 Å². The number of hydrogen-bond donors (Lipinski definition) is 0. The van der Waals surface area contributed by atoms with E-state index in [0.29, 0.717) is 6.04 Å². The average Bonchev–Trinajstić information content (AvgIpc) is 2.41. The Labute approximate surface area is 90.1 Å². The molecule has 1 aromatic carbocycles. The molecule has 0 aromatic heterocycles.